The fourth-order valence-electron chi connectivity index (χ4n) is 21.5. The molecule has 6 heterocycles. The third-order valence-corrected chi connectivity index (χ3v) is 29.7. The number of fused-ring (bicyclic) bond motifs is 9. The van der Waals surface area contributed by atoms with Gasteiger partial charge in [0.1, 0.15) is 59.6 Å². The first-order valence-electron chi connectivity index (χ1n) is 52.7. The van der Waals surface area contributed by atoms with Gasteiger partial charge in [0, 0.05) is 39.6 Å². The van der Waals surface area contributed by atoms with Crippen LogP contribution in [0.1, 0.15) is 315 Å². The molecule has 0 spiro atoms. The van der Waals surface area contributed by atoms with Crippen molar-refractivity contribution in [2.75, 3.05) is 46.4 Å². The fraction of sp³-hybridized carbons (Fsp3) is 0.729. The third kappa shape index (κ3) is 34.9. The van der Waals surface area contributed by atoms with Crippen molar-refractivity contribution in [3.05, 3.63) is 71.8 Å². The monoisotopic (exact) mass is 2020 g/mol. The number of nitrogens with one attached hydrogen (secondary N) is 11. The smallest absolute Gasteiger partial charge is 0.408 e. The van der Waals surface area contributed by atoms with E-state index in [0.29, 0.717) is 77.5 Å². The van der Waals surface area contributed by atoms with E-state index >= 15 is 0 Å². The van der Waals surface area contributed by atoms with Crippen LogP contribution in [0.3, 0.4) is 0 Å². The Morgan fingerprint density at radius 1 is 0.396 bits per heavy atom. The summed E-state index contributed by atoms with van der Waals surface area (Å²) in [4.78, 5) is 229. The average Bonchev–Trinajstić information content (AvgIpc) is 1.53. The van der Waals surface area contributed by atoms with Gasteiger partial charge in [-0.25, -0.2) is 14.4 Å². The molecule has 802 valence electrons. The minimum atomic E-state index is -1.59. The van der Waals surface area contributed by atoms with E-state index in [4.69, 9.17) is 18.9 Å². The highest BCUT2D eigenvalue weighted by Gasteiger charge is 2.72. The summed E-state index contributed by atoms with van der Waals surface area (Å²) in [6.45, 7) is 30.0. The number of esters is 2. The van der Waals surface area contributed by atoms with Crippen molar-refractivity contribution < 1.29 is 110 Å². The van der Waals surface area contributed by atoms with E-state index in [-0.39, 0.29) is 95.5 Å². The zero-order valence-corrected chi connectivity index (χ0v) is 88.2. The first kappa shape index (κ1) is 117. The summed E-state index contributed by atoms with van der Waals surface area (Å²) >= 11 is 0. The first-order chi connectivity index (χ1) is 67.9. The van der Waals surface area contributed by atoms with Crippen molar-refractivity contribution in [1.82, 2.24) is 73.2 Å². The summed E-state index contributed by atoms with van der Waals surface area (Å²) < 4.78 is 26.5. The Morgan fingerprint density at radius 2 is 0.701 bits per heavy atom. The second-order valence-corrected chi connectivity index (χ2v) is 45.3. The van der Waals surface area contributed by atoms with Crippen molar-refractivity contribution in [2.24, 2.45) is 51.8 Å². The lowest BCUT2D eigenvalue weighted by molar-refractivity contribution is -0.157. The summed E-state index contributed by atoms with van der Waals surface area (Å²) in [6, 6.07) is 10.7. The van der Waals surface area contributed by atoms with Crippen LogP contribution >= 0.6 is 0 Å². The van der Waals surface area contributed by atoms with Crippen molar-refractivity contribution in [2.45, 2.75) is 400 Å². The van der Waals surface area contributed by atoms with E-state index < -0.39 is 173 Å². The average molecular weight is 2020 g/mol. The van der Waals surface area contributed by atoms with Gasteiger partial charge in [-0.15, -0.1) is 0 Å². The van der Waals surface area contributed by atoms with E-state index in [1.54, 1.807) is 77.0 Å². The standard InChI is InChI=1S/C37H57N5O7.C37H55N5O7.C33H54N4O9/c2*1-36(2,3)49-35(48)41-27-20-16-11-9-7-6-8-10-15-19-26(40-32(45)30-29-25(37(29,4)5)23-42(30)34(27)47)31(44)33(46)39-22-28(43)38-21-24-17-13-12-14-18-24;1-20(38)45-27(29(41)34-18-24(39)44-7)22-16-14-12-10-8-9-11-13-15-17-23(36-31(43)46-32(2,3)4)30(42)37-19-21-25(33(21,5)6)26(37)28(40)35-22/h12-14,17-18,25-27,29-31,44H,6-11,15-16,19-23H2,1-5H3,(H,38,43)(H,39,46)(H,40,45)(H,41,48);12-14,17-18,25-27,29-30H,6-11,15-16,19-23H2,1-5H3,(H,38,43)(H,39,46)(H,40,45)(H,41,48);21-23,25-27H,8-19H2,1-7H3,(H,34,41)(H,35,40)(H,36,43)/t25-,26-,27-,29-,30-,31?;25?,26-,27-,29-,30-;21-,22-,23-,25-,26-,27?/m000/s1. The van der Waals surface area contributed by atoms with Gasteiger partial charge in [-0.05, 0) is 164 Å². The number of Topliss-reactive ketones (excluding diaryl/α,β-unsaturated/α-hetero) is 1. The van der Waals surface area contributed by atoms with Gasteiger partial charge in [0.2, 0.25) is 53.0 Å². The van der Waals surface area contributed by atoms with E-state index in [1.165, 1.54) is 14.0 Å². The van der Waals surface area contributed by atoms with Gasteiger partial charge in [0.25, 0.3) is 17.7 Å². The molecule has 37 nitrogen and oxygen atoms in total. The normalized spacial score (nSPS) is 27.0. The summed E-state index contributed by atoms with van der Waals surface area (Å²) in [5, 5.41) is 41.1. The number of ketones is 1. The molecule has 2 aromatic rings. The number of methoxy groups -OCH3 is 1. The molecular formula is C107H166N14O23. The molecule has 3 unspecified atom stereocenters. The van der Waals surface area contributed by atoms with Crippen LogP contribution in [0.4, 0.5) is 14.4 Å². The van der Waals surface area contributed by atoms with Gasteiger partial charge in [-0.1, -0.05) is 256 Å². The highest BCUT2D eigenvalue weighted by Crippen LogP contribution is 2.67. The number of rotatable bonds is 20. The minimum Gasteiger partial charge on any atom is -0.468 e. The molecule has 6 saturated heterocycles. The number of carbonyl (C=O) groups excluding carboxylic acids is 17. The highest BCUT2D eigenvalue weighted by atomic mass is 16.6. The van der Waals surface area contributed by atoms with Crippen LogP contribution in [0, 0.1) is 51.8 Å². The number of carbonyl (C=O) groups is 17. The Bertz CT molecular complexity index is 4720. The second-order valence-electron chi connectivity index (χ2n) is 45.3. The topological polar surface area (TPSA) is 499 Å². The van der Waals surface area contributed by atoms with Gasteiger partial charge in [-0.2, -0.15) is 0 Å². The molecule has 2 aromatic carbocycles. The molecule has 9 fully saturated rings. The molecule has 6 aliphatic heterocycles. The maximum absolute atomic E-state index is 14.2. The van der Waals surface area contributed by atoms with Crippen LogP contribution in [0.15, 0.2) is 60.7 Å². The molecule has 37 heteroatoms. The lowest BCUT2D eigenvalue weighted by atomic mass is 9.97. The Labute approximate surface area is 850 Å². The van der Waals surface area contributed by atoms with Gasteiger partial charge in [-0.3, -0.25) is 67.1 Å². The fourth-order valence-corrected chi connectivity index (χ4v) is 21.5. The lowest BCUT2D eigenvalue weighted by Gasteiger charge is -2.35. The van der Waals surface area contributed by atoms with E-state index in [2.05, 4.69) is 105 Å². The summed E-state index contributed by atoms with van der Waals surface area (Å²) in [5.74, 6) is -7.93. The number of alkyl carbamates (subject to hydrolysis) is 3. The SMILES string of the molecule is CC(C)(C)OC(=O)N[C@H]1CCCCCCCCCC[C@@H](C(=O)C(=O)NCC(=O)NCc2ccccc2)NC(=O)[C@@H]2[C@@H]3C(CN2C1=O)C3(C)C.CC(C)(C)OC(=O)N[C@H]1CCCCCCCCCC[C@@H](C(O)C(=O)NCC(=O)NCc2ccccc2)NC(=O)[C@@H]2[C@@H]3[C@H](CN2C1=O)C3(C)C.COC(=O)CNC(=O)C(OC(C)=O)[C@@H]1CCCCCCCCCC[C@H](NC(=O)OC(C)(C)C)C(=O)N2C[C@H]3[C@@H]([C@H]2C(=O)N1)C3(C)C. The predicted molar refractivity (Wildman–Crippen MR) is 537 cm³/mol. The highest BCUT2D eigenvalue weighted by molar-refractivity contribution is 6.38. The number of hydrogen-bond acceptors (Lipinski definition) is 23. The second kappa shape index (κ2) is 53.4. The minimum absolute atomic E-state index is 0.0889. The van der Waals surface area contributed by atoms with Crippen molar-refractivity contribution in [3.8, 4) is 0 Å². The number of piperidine rings is 3. The van der Waals surface area contributed by atoms with E-state index in [9.17, 15) is 86.6 Å². The number of nitrogens with zero attached hydrogens (tertiary/aromatic N) is 3. The number of amides is 14. The van der Waals surface area contributed by atoms with Crippen LogP contribution in [0.5, 0.6) is 0 Å². The molecule has 17 atom stereocenters. The maximum atomic E-state index is 14.2. The van der Waals surface area contributed by atoms with E-state index in [0.717, 1.165) is 146 Å². The van der Waals surface area contributed by atoms with Crippen LogP contribution in [0.25, 0.3) is 0 Å². The maximum Gasteiger partial charge on any atom is 0.408 e. The quantitative estimate of drug-likeness (QED) is 0.0333. The Morgan fingerprint density at radius 3 is 1.04 bits per heavy atom. The van der Waals surface area contributed by atoms with Crippen molar-refractivity contribution in [1.29, 1.82) is 0 Å². The number of ether oxygens (including phenoxy) is 5. The molecule has 144 heavy (non-hydrogen) atoms. The molecule has 14 amide bonds. The molecular weight excluding hydrogens is 1850 g/mol. The van der Waals surface area contributed by atoms with E-state index in [1.807, 2.05) is 60.7 Å². The summed E-state index contributed by atoms with van der Waals surface area (Å²) in [6.07, 6.45) is 18.8. The number of benzene rings is 2. The van der Waals surface area contributed by atoms with Crippen molar-refractivity contribution >= 4 is 101 Å². The Kier molecular flexibility index (Phi) is 43.2. The Hall–Kier alpha value is -11.0. The molecule has 3 aliphatic carbocycles. The van der Waals surface area contributed by atoms with Crippen molar-refractivity contribution in [3.63, 3.8) is 0 Å². The predicted octanol–water partition coefficient (Wildman–Crippen LogP) is 10.3. The van der Waals surface area contributed by atoms with Gasteiger partial charge < -0.3 is 102 Å². The molecule has 0 aromatic heterocycles. The molecule has 11 rings (SSSR count). The van der Waals surface area contributed by atoms with Gasteiger partial charge >= 0.3 is 30.2 Å². The molecule has 0 bridgehead atoms. The van der Waals surface area contributed by atoms with Crippen LogP contribution in [-0.2, 0) is 104 Å². The van der Waals surface area contributed by atoms with Gasteiger partial charge in [0.05, 0.1) is 38.3 Å². The summed E-state index contributed by atoms with van der Waals surface area (Å²) in [5.41, 5.74) is -0.948. The summed E-state index contributed by atoms with van der Waals surface area (Å²) in [7, 11) is 1.19. The number of hydrogen-bond donors (Lipinski definition) is 12. The first-order valence-corrected chi connectivity index (χ1v) is 52.7. The lowest BCUT2D eigenvalue weighted by Crippen LogP contribution is -2.59. The van der Waals surface area contributed by atoms with Gasteiger partial charge in [0.15, 0.2) is 12.2 Å². The Balaban J connectivity index is 0.000000241. The molecule has 12 N–H and O–H groups in total. The van der Waals surface area contributed by atoms with Crippen LogP contribution in [-0.4, -0.2) is 251 Å². The number of aliphatic hydroxyl groups is 1. The van der Waals surface area contributed by atoms with Crippen LogP contribution < -0.4 is 58.5 Å². The molecule has 9 aliphatic rings. The van der Waals surface area contributed by atoms with Crippen LogP contribution in [0.2, 0.25) is 0 Å². The molecule has 3 saturated carbocycles. The third-order valence-electron chi connectivity index (χ3n) is 29.7. The zero-order valence-electron chi connectivity index (χ0n) is 88.2. The largest absolute Gasteiger partial charge is 0.468 e. The number of aliphatic hydroxyl groups excluding tert-OH is 1. The zero-order chi connectivity index (χ0) is 106. The molecule has 0 radical (unpaired) electrons.